The predicted octanol–water partition coefficient (Wildman–Crippen LogP) is 8.59. The zero-order chi connectivity index (χ0) is 27.8. The Balaban J connectivity index is 0.00000316. The first kappa shape index (κ1) is 25.5. The first-order valence-corrected chi connectivity index (χ1v) is 13.8. The van der Waals surface area contributed by atoms with Gasteiger partial charge in [0, 0.05) is 0 Å². The van der Waals surface area contributed by atoms with Gasteiger partial charge in [-0.15, -0.1) is 22.1 Å². The fraction of sp³-hybridized carbons (Fsp3) is 0.111. The van der Waals surface area contributed by atoms with Gasteiger partial charge in [0.25, 0.3) is 0 Å². The second-order valence-electron chi connectivity index (χ2n) is 10.1. The summed E-state index contributed by atoms with van der Waals surface area (Å²) in [6.07, 6.45) is 11.1. The number of nitrogens with zero attached hydrogens (tertiary/aromatic N) is 4. The molecule has 5 heterocycles. The summed E-state index contributed by atoms with van der Waals surface area (Å²) in [5.74, 6) is 0. The summed E-state index contributed by atoms with van der Waals surface area (Å²) in [5, 5.41) is 0. The quantitative estimate of drug-likeness (QED) is 0.193. The fourth-order valence-electron chi connectivity index (χ4n) is 5.42. The Hall–Kier alpha value is -4.47. The van der Waals surface area contributed by atoms with Crippen LogP contribution < -0.4 is 9.97 Å². The first-order chi connectivity index (χ1) is 20.2. The summed E-state index contributed by atoms with van der Waals surface area (Å²) >= 11 is 0. The number of hydrogen-bond acceptors (Lipinski definition) is 2. The van der Waals surface area contributed by atoms with Gasteiger partial charge in [0.2, 0.25) is 0 Å². The molecule has 8 bridgehead atoms. The molecule has 2 aliphatic rings. The Morgan fingerprint density at radius 2 is 1.22 bits per heavy atom. The van der Waals surface area contributed by atoms with Crippen LogP contribution in [0, 0.1) is 0 Å². The molecule has 2 aliphatic heterocycles. The predicted molar refractivity (Wildman–Crippen MR) is 166 cm³/mol. The average Bonchev–Trinajstić information content (AvgIpc) is 3.83. The molecular formula is C36H28N4Ni. The molecule has 3 aromatic heterocycles. The second kappa shape index (κ2) is 11.6. The van der Waals surface area contributed by atoms with Crippen LogP contribution in [-0.4, -0.2) is 9.97 Å². The van der Waals surface area contributed by atoms with E-state index in [-0.39, 0.29) is 22.5 Å². The van der Waals surface area contributed by atoms with Crippen molar-refractivity contribution < 1.29 is 17.9 Å². The van der Waals surface area contributed by atoms with E-state index in [9.17, 15) is 0 Å². The Morgan fingerprint density at radius 3 is 1.93 bits per heavy atom. The van der Waals surface area contributed by atoms with E-state index in [1.807, 2.05) is 60.7 Å². The van der Waals surface area contributed by atoms with Crippen molar-refractivity contribution in [2.24, 2.45) is 0 Å². The number of aryl methyl sites for hydroxylation is 1. The van der Waals surface area contributed by atoms with Crippen LogP contribution in [0.25, 0.3) is 68.6 Å². The van der Waals surface area contributed by atoms with E-state index in [4.69, 9.17) is 21.3 Å². The van der Waals surface area contributed by atoms with Gasteiger partial charge in [-0.1, -0.05) is 104 Å². The zero-order valence-corrected chi connectivity index (χ0v) is 23.6. The van der Waals surface area contributed by atoms with Crippen molar-refractivity contribution in [3.63, 3.8) is 0 Å². The molecular weight excluding hydrogens is 547 g/mol. The van der Waals surface area contributed by atoms with Crippen LogP contribution in [0.5, 0.6) is 0 Å². The molecule has 5 aromatic rings. The minimum Gasteiger partial charge on any atom is -0.657 e. The monoisotopic (exact) mass is 575 g/mol. The van der Waals surface area contributed by atoms with Crippen LogP contribution in [0.2, 0.25) is 0 Å². The SMILES string of the molecule is [2H]c1c2nc(c(-c3ccccc3)c3ccc([n-]3)c(CCCC)c3nc(c(-c4ccccc4)c4ccc1[n-]4)C=C3)C=C2.[Ni+2]. The van der Waals surface area contributed by atoms with E-state index in [1.54, 1.807) is 0 Å². The minimum atomic E-state index is 0. The van der Waals surface area contributed by atoms with E-state index in [1.165, 1.54) is 0 Å². The van der Waals surface area contributed by atoms with Gasteiger partial charge in [-0.3, -0.25) is 0 Å². The van der Waals surface area contributed by atoms with Crippen molar-refractivity contribution in [3.8, 4) is 22.3 Å². The molecule has 0 unspecified atom stereocenters. The van der Waals surface area contributed by atoms with Crippen LogP contribution in [0.15, 0.2) is 91.0 Å². The maximum atomic E-state index is 8.99. The van der Waals surface area contributed by atoms with Gasteiger partial charge in [0.1, 0.15) is 0 Å². The number of benzene rings is 2. The van der Waals surface area contributed by atoms with E-state index in [0.29, 0.717) is 11.2 Å². The molecule has 5 heteroatoms. The van der Waals surface area contributed by atoms with Gasteiger partial charge in [0.15, 0.2) is 0 Å². The van der Waals surface area contributed by atoms with Crippen LogP contribution in [0.4, 0.5) is 0 Å². The number of unbranched alkanes of at least 4 members (excludes halogenated alkanes) is 1. The molecule has 4 nitrogen and oxygen atoms in total. The summed E-state index contributed by atoms with van der Waals surface area (Å²) in [4.78, 5) is 20.2. The summed E-state index contributed by atoms with van der Waals surface area (Å²) in [6, 6.07) is 28.8. The van der Waals surface area contributed by atoms with Crippen LogP contribution >= 0.6 is 0 Å². The van der Waals surface area contributed by atoms with Crippen LogP contribution in [0.3, 0.4) is 0 Å². The normalized spacial score (nSPS) is 12.3. The second-order valence-corrected chi connectivity index (χ2v) is 10.1. The first-order valence-electron chi connectivity index (χ1n) is 14.3. The van der Waals surface area contributed by atoms with Crippen molar-refractivity contribution in [1.29, 1.82) is 0 Å². The Labute approximate surface area is 251 Å². The molecule has 0 aliphatic carbocycles. The van der Waals surface area contributed by atoms with Gasteiger partial charge >= 0.3 is 16.5 Å². The van der Waals surface area contributed by atoms with E-state index in [2.05, 4.69) is 55.5 Å². The molecule has 2 aromatic carbocycles. The number of fused-ring (bicyclic) bond motifs is 8. The molecule has 0 spiro atoms. The topological polar surface area (TPSA) is 54.0 Å². The molecule has 0 fully saturated rings. The van der Waals surface area contributed by atoms with Crippen molar-refractivity contribution in [1.82, 2.24) is 19.9 Å². The summed E-state index contributed by atoms with van der Waals surface area (Å²) < 4.78 is 8.99. The van der Waals surface area contributed by atoms with Crippen LogP contribution in [0.1, 0.15) is 49.5 Å². The van der Waals surface area contributed by atoms with Crippen molar-refractivity contribution in [3.05, 3.63) is 119 Å². The molecule has 41 heavy (non-hydrogen) atoms. The summed E-state index contributed by atoms with van der Waals surface area (Å²) in [6.45, 7) is 2.21. The average molecular weight is 576 g/mol. The van der Waals surface area contributed by atoms with Crippen LogP contribution in [-0.2, 0) is 22.9 Å². The minimum absolute atomic E-state index is 0. The van der Waals surface area contributed by atoms with Crippen molar-refractivity contribution in [2.75, 3.05) is 0 Å². The van der Waals surface area contributed by atoms with Gasteiger partial charge in [-0.2, -0.15) is 0 Å². The van der Waals surface area contributed by atoms with E-state index in [0.717, 1.165) is 80.7 Å². The van der Waals surface area contributed by atoms with Crippen molar-refractivity contribution in [2.45, 2.75) is 26.2 Å². The molecule has 0 radical (unpaired) electrons. The molecule has 0 amide bonds. The molecule has 0 saturated heterocycles. The number of rotatable bonds is 5. The largest absolute Gasteiger partial charge is 2.00 e. The van der Waals surface area contributed by atoms with Gasteiger partial charge in [-0.25, -0.2) is 9.97 Å². The Kier molecular flexibility index (Phi) is 7.19. The third kappa shape index (κ3) is 5.21. The maximum absolute atomic E-state index is 8.99. The molecule has 7 rings (SSSR count). The summed E-state index contributed by atoms with van der Waals surface area (Å²) in [5.41, 5.74) is 11.5. The van der Waals surface area contributed by atoms with Gasteiger partial charge < -0.3 is 9.97 Å². The standard InChI is InChI=1S/C36H28N4.Ni/c1-2-3-14-28-29-19-21-33(39-29)35(24-10-6-4-7-11-24)31-17-15-26(37-31)23-27-16-18-32(38-27)36(25-12-8-5-9-13-25)34-22-20-30(28)40-34;/h4-13,15-23H,2-3,14H2,1H3;/q-2;+2/i23D;. The van der Waals surface area contributed by atoms with Gasteiger partial charge in [-0.05, 0) is 65.0 Å². The van der Waals surface area contributed by atoms with E-state index >= 15 is 0 Å². The summed E-state index contributed by atoms with van der Waals surface area (Å²) in [7, 11) is 0. The maximum Gasteiger partial charge on any atom is 2.00 e. The number of hydrogen-bond donors (Lipinski definition) is 0. The number of aromatic nitrogens is 4. The third-order valence-corrected chi connectivity index (χ3v) is 7.36. The molecule has 0 atom stereocenters. The Bertz CT molecular complexity index is 1950. The smallest absolute Gasteiger partial charge is 0.657 e. The molecule has 202 valence electrons. The fourth-order valence-corrected chi connectivity index (χ4v) is 5.42. The third-order valence-electron chi connectivity index (χ3n) is 7.36. The van der Waals surface area contributed by atoms with E-state index < -0.39 is 0 Å². The Morgan fingerprint density at radius 1 is 0.634 bits per heavy atom. The zero-order valence-electron chi connectivity index (χ0n) is 23.6. The molecule has 0 saturated carbocycles. The molecule has 0 N–H and O–H groups in total. The van der Waals surface area contributed by atoms with Gasteiger partial charge in [0.05, 0.1) is 24.1 Å². The van der Waals surface area contributed by atoms with Crippen molar-refractivity contribution >= 4 is 46.4 Å².